The number of aromatic nitrogens is 5. The summed E-state index contributed by atoms with van der Waals surface area (Å²) in [5.74, 6) is 3.10. The minimum Gasteiger partial charge on any atom is -0.465 e. The van der Waals surface area contributed by atoms with Crippen molar-refractivity contribution in [1.29, 1.82) is 0 Å². The van der Waals surface area contributed by atoms with Crippen molar-refractivity contribution >= 4 is 10.9 Å². The second-order valence-electron chi connectivity index (χ2n) is 16.8. The monoisotopic (exact) mass is 753 g/mol. The molecule has 0 radical (unpaired) electrons. The molecule has 3 aromatic carbocycles. The number of imidazole rings is 2. The quantitative estimate of drug-likeness (QED) is 0.0909. The molecule has 0 amide bonds. The van der Waals surface area contributed by atoms with E-state index in [9.17, 15) is 5.11 Å². The van der Waals surface area contributed by atoms with E-state index in [1.54, 1.807) is 0 Å². The highest BCUT2D eigenvalue weighted by Crippen LogP contribution is 2.46. The summed E-state index contributed by atoms with van der Waals surface area (Å²) < 4.78 is 9.25. The Morgan fingerprint density at radius 2 is 1.48 bits per heavy atom. The first-order chi connectivity index (χ1) is 27.1. The van der Waals surface area contributed by atoms with Crippen molar-refractivity contribution in [1.82, 2.24) is 34.3 Å². The molecule has 0 aliphatic carbocycles. The number of aliphatic hydroxyl groups excluding tert-OH is 1. The molecule has 2 fully saturated rings. The summed E-state index contributed by atoms with van der Waals surface area (Å²) in [7, 11) is 0. The van der Waals surface area contributed by atoms with Gasteiger partial charge in [0.05, 0.1) is 47.1 Å². The van der Waals surface area contributed by atoms with E-state index in [4.69, 9.17) is 26.2 Å². The third-order valence-electron chi connectivity index (χ3n) is 12.5. The number of hydrogen-bond acceptors (Lipinski definition) is 8. The van der Waals surface area contributed by atoms with Gasteiger partial charge in [0.1, 0.15) is 23.6 Å². The van der Waals surface area contributed by atoms with Gasteiger partial charge in [-0.15, -0.1) is 0 Å². The van der Waals surface area contributed by atoms with Crippen LogP contribution in [0, 0.1) is 11.8 Å². The molecule has 3 aliphatic heterocycles. The molecule has 3 aliphatic rings. The Hall–Kier alpha value is -4.78. The Bertz CT molecular complexity index is 2310. The molecular formula is C45H55N9O2. The maximum atomic E-state index is 11.1. The summed E-state index contributed by atoms with van der Waals surface area (Å²) in [6, 6.07) is 25.8. The summed E-state index contributed by atoms with van der Waals surface area (Å²) in [6.45, 7) is 11.3. The number of nitrogens with two attached hydrogens (primary N) is 2. The highest BCUT2D eigenvalue weighted by molar-refractivity contribution is 5.92. The smallest absolute Gasteiger partial charge is 0.203 e. The lowest BCUT2D eigenvalue weighted by molar-refractivity contribution is -0.0343. The summed E-state index contributed by atoms with van der Waals surface area (Å²) in [5.41, 5.74) is 21.3. The lowest BCUT2D eigenvalue weighted by atomic mass is 10.0. The first-order valence-corrected chi connectivity index (χ1v) is 20.4. The number of nitrogens with one attached hydrogen (secondary N) is 2. The van der Waals surface area contributed by atoms with Crippen LogP contribution in [0.15, 0.2) is 85.2 Å². The fourth-order valence-corrected chi connectivity index (χ4v) is 9.02. The Kier molecular flexibility index (Phi) is 9.83. The molecular weight excluding hydrogens is 699 g/mol. The van der Waals surface area contributed by atoms with Crippen LogP contribution in [0.1, 0.15) is 88.6 Å². The van der Waals surface area contributed by atoms with Crippen molar-refractivity contribution in [3.63, 3.8) is 0 Å². The number of rotatable bonds is 11. The molecule has 9 rings (SSSR count). The fraction of sp³-hybridized carbons (Fsp3) is 0.422. The van der Waals surface area contributed by atoms with E-state index in [1.807, 2.05) is 18.5 Å². The molecule has 3 aromatic heterocycles. The van der Waals surface area contributed by atoms with Gasteiger partial charge in [0.25, 0.3) is 0 Å². The van der Waals surface area contributed by atoms with Gasteiger partial charge < -0.3 is 35.8 Å². The number of aromatic amines is 2. The molecule has 6 aromatic rings. The van der Waals surface area contributed by atoms with Crippen LogP contribution in [0.4, 0.5) is 0 Å². The number of H-pyrrole nitrogens is 2. The van der Waals surface area contributed by atoms with E-state index in [0.29, 0.717) is 12.0 Å². The van der Waals surface area contributed by atoms with Crippen LogP contribution in [0.3, 0.4) is 0 Å². The van der Waals surface area contributed by atoms with Crippen LogP contribution in [0.25, 0.3) is 44.9 Å². The minimum atomic E-state index is -0.698. The second-order valence-corrected chi connectivity index (χ2v) is 16.8. The van der Waals surface area contributed by atoms with Crippen LogP contribution in [0.2, 0.25) is 0 Å². The van der Waals surface area contributed by atoms with Crippen molar-refractivity contribution in [2.24, 2.45) is 23.3 Å². The summed E-state index contributed by atoms with van der Waals surface area (Å²) in [5, 5.41) is 12.2. The van der Waals surface area contributed by atoms with Crippen molar-refractivity contribution in [2.45, 2.75) is 90.0 Å². The number of hydrogen-bond donors (Lipinski definition) is 5. The van der Waals surface area contributed by atoms with E-state index in [1.165, 1.54) is 0 Å². The minimum absolute atomic E-state index is 0.0468. The standard InChI is InChI=1S/C45H55N9O2/c1-26(2)33(46)25-52-18-8-12-37(52)34-23-48-43(50-34)30-14-16-32-39-21-31-20-29(15-17-36(31)54(39)45(56-40(32)22-30)28-10-6-5-7-11-28)42-49-24-35(51-42)38-13-9-19-53(38)44(55)41(47)27(3)4/h5-7,10-11,14-17,20-24,26-27,33,37-38,41,44-45,55H,8-9,12-13,18-19,25,46-47H2,1-4H3,(H,48,50)(H,49,51). The van der Waals surface area contributed by atoms with E-state index in [2.05, 4.69) is 119 Å². The zero-order valence-corrected chi connectivity index (χ0v) is 32.9. The van der Waals surface area contributed by atoms with Crippen LogP contribution in [-0.2, 0) is 0 Å². The molecule has 11 nitrogen and oxygen atoms in total. The number of benzene rings is 3. The molecule has 11 heteroatoms. The van der Waals surface area contributed by atoms with Crippen LogP contribution in [0.5, 0.6) is 5.75 Å². The van der Waals surface area contributed by atoms with Crippen molar-refractivity contribution in [2.75, 3.05) is 19.6 Å². The number of fused-ring (bicyclic) bond motifs is 5. The third kappa shape index (κ3) is 6.65. The first-order valence-electron chi connectivity index (χ1n) is 20.4. The summed E-state index contributed by atoms with van der Waals surface area (Å²) in [4.78, 5) is 21.6. The highest BCUT2D eigenvalue weighted by Gasteiger charge is 2.36. The van der Waals surface area contributed by atoms with E-state index >= 15 is 0 Å². The molecule has 7 N–H and O–H groups in total. The zero-order chi connectivity index (χ0) is 38.7. The lowest BCUT2D eigenvalue weighted by Crippen LogP contribution is -2.50. The van der Waals surface area contributed by atoms with E-state index < -0.39 is 6.23 Å². The molecule has 0 spiro atoms. The van der Waals surface area contributed by atoms with E-state index in [0.717, 1.165) is 113 Å². The van der Waals surface area contributed by atoms with Gasteiger partial charge in [-0.2, -0.15) is 0 Å². The number of aliphatic hydroxyl groups is 1. The maximum Gasteiger partial charge on any atom is 0.203 e. The Morgan fingerprint density at radius 1 is 0.804 bits per heavy atom. The Balaban J connectivity index is 1.03. The third-order valence-corrected chi connectivity index (χ3v) is 12.5. The van der Waals surface area contributed by atoms with Gasteiger partial charge in [-0.25, -0.2) is 9.97 Å². The van der Waals surface area contributed by atoms with Crippen LogP contribution >= 0.6 is 0 Å². The summed E-state index contributed by atoms with van der Waals surface area (Å²) >= 11 is 0. The average molecular weight is 754 g/mol. The molecule has 6 unspecified atom stereocenters. The number of likely N-dealkylation sites (tertiary alicyclic amines) is 2. The highest BCUT2D eigenvalue weighted by atomic mass is 16.5. The molecule has 56 heavy (non-hydrogen) atoms. The topological polar surface area (TPSA) is 150 Å². The first kappa shape index (κ1) is 36.8. The van der Waals surface area contributed by atoms with E-state index in [-0.39, 0.29) is 30.3 Å². The van der Waals surface area contributed by atoms with Gasteiger partial charge in [-0.05, 0) is 80.5 Å². The molecule has 292 valence electrons. The predicted octanol–water partition coefficient (Wildman–Crippen LogP) is 7.59. The number of ether oxygens (including phenoxy) is 1. The van der Waals surface area contributed by atoms with Gasteiger partial charge in [0.15, 0.2) is 0 Å². The van der Waals surface area contributed by atoms with Gasteiger partial charge in [-0.1, -0.05) is 64.1 Å². The Morgan fingerprint density at radius 3 is 2.21 bits per heavy atom. The van der Waals surface area contributed by atoms with Crippen molar-refractivity contribution in [3.05, 3.63) is 102 Å². The number of nitrogens with zero attached hydrogens (tertiary/aromatic N) is 5. The van der Waals surface area contributed by atoms with Crippen molar-refractivity contribution < 1.29 is 9.84 Å². The fourth-order valence-electron chi connectivity index (χ4n) is 9.02. The normalized spacial score (nSPS) is 21.8. The van der Waals surface area contributed by atoms with Crippen molar-refractivity contribution in [3.8, 4) is 39.8 Å². The molecule has 6 atom stereocenters. The molecule has 6 heterocycles. The molecule has 0 bridgehead atoms. The van der Waals surface area contributed by atoms with Gasteiger partial charge in [-0.3, -0.25) is 9.80 Å². The maximum absolute atomic E-state index is 11.1. The van der Waals surface area contributed by atoms with Gasteiger partial charge in [0.2, 0.25) is 6.23 Å². The largest absolute Gasteiger partial charge is 0.465 e. The van der Waals surface area contributed by atoms with Crippen LogP contribution in [-0.4, -0.2) is 77.4 Å². The predicted molar refractivity (Wildman–Crippen MR) is 222 cm³/mol. The van der Waals surface area contributed by atoms with Gasteiger partial charge in [0, 0.05) is 52.8 Å². The molecule has 2 saturated heterocycles. The van der Waals surface area contributed by atoms with Crippen LogP contribution < -0.4 is 16.2 Å². The van der Waals surface area contributed by atoms with Gasteiger partial charge >= 0.3 is 0 Å². The SMILES string of the molecule is CC(C)C(N)CN1CCCC1c1cnc(-c2ccc3c(c2)OC(c2ccccc2)n2c-3cc3cc(-c4ncc(C5CCCN5C(O)C(N)C(C)C)[nH]4)ccc32)[nH]1. The zero-order valence-electron chi connectivity index (χ0n) is 32.9. The molecule has 0 saturated carbocycles. The Labute approximate surface area is 329 Å². The lowest BCUT2D eigenvalue weighted by Gasteiger charge is -2.34. The summed E-state index contributed by atoms with van der Waals surface area (Å²) in [6.07, 6.45) is 7.08. The second kappa shape index (κ2) is 14.9. The average Bonchev–Trinajstić information content (AvgIpc) is 4.06.